The van der Waals surface area contributed by atoms with Gasteiger partial charge in [-0.3, -0.25) is 4.79 Å². The third-order valence-electron chi connectivity index (χ3n) is 7.65. The van der Waals surface area contributed by atoms with Crippen LogP contribution in [0.2, 0.25) is 0 Å². The van der Waals surface area contributed by atoms with Gasteiger partial charge in [-0.2, -0.15) is 0 Å². The van der Waals surface area contributed by atoms with Crippen LogP contribution < -0.4 is 45.1 Å². The molecule has 0 spiro atoms. The van der Waals surface area contributed by atoms with E-state index in [9.17, 15) is 53.1 Å². The van der Waals surface area contributed by atoms with Crippen molar-refractivity contribution in [1.29, 1.82) is 0 Å². The van der Waals surface area contributed by atoms with E-state index in [1.807, 2.05) is 0 Å². The molecular formula is C35H27F3N2O11-4. The molecule has 0 unspecified atom stereocenters. The summed E-state index contributed by atoms with van der Waals surface area (Å²) in [5, 5.41) is 55.8. The summed E-state index contributed by atoms with van der Waals surface area (Å²) in [5.74, 6) is -6.93. The summed E-state index contributed by atoms with van der Waals surface area (Å²) in [6.07, 6.45) is 0. The first kappa shape index (κ1) is 36.3. The number of ether oxygens (including phenoxy) is 2. The highest BCUT2D eigenvalue weighted by Crippen LogP contribution is 2.44. The van der Waals surface area contributed by atoms with Crippen LogP contribution in [0.4, 0.5) is 24.5 Å². The van der Waals surface area contributed by atoms with Crippen molar-refractivity contribution in [3.05, 3.63) is 88.3 Å². The Balaban J connectivity index is 1.56. The number of halogens is 3. The number of rotatable bonds is 16. The molecule has 1 aliphatic heterocycles. The number of carboxylic acid groups (broad SMARTS) is 2. The van der Waals surface area contributed by atoms with Gasteiger partial charge in [0.2, 0.25) is 5.43 Å². The van der Waals surface area contributed by atoms with Crippen LogP contribution in [0.15, 0.2) is 69.9 Å². The molecule has 0 saturated heterocycles. The summed E-state index contributed by atoms with van der Waals surface area (Å²) in [6, 6.07) is 11.2. The Morgan fingerprint density at radius 1 is 0.765 bits per heavy atom. The molecule has 0 aromatic heterocycles. The van der Waals surface area contributed by atoms with Gasteiger partial charge in [0.05, 0.1) is 36.4 Å². The van der Waals surface area contributed by atoms with E-state index in [-0.39, 0.29) is 82.6 Å². The van der Waals surface area contributed by atoms with E-state index < -0.39 is 66.9 Å². The van der Waals surface area contributed by atoms with Crippen molar-refractivity contribution in [3.63, 3.8) is 0 Å². The normalized spacial score (nSPS) is 11.2. The molecule has 16 heteroatoms. The third kappa shape index (κ3) is 8.25. The minimum absolute atomic E-state index is 0.0377. The van der Waals surface area contributed by atoms with Crippen LogP contribution in [0.1, 0.15) is 0 Å². The minimum atomic E-state index is -1.51. The number of aliphatic carboxylic acids is 2. The van der Waals surface area contributed by atoms with Crippen LogP contribution in [-0.4, -0.2) is 69.7 Å². The summed E-state index contributed by atoms with van der Waals surface area (Å²) in [4.78, 5) is 37.3. The Morgan fingerprint density at radius 3 is 1.94 bits per heavy atom. The van der Waals surface area contributed by atoms with Gasteiger partial charge in [-0.1, -0.05) is 6.07 Å². The van der Waals surface area contributed by atoms with E-state index in [1.54, 1.807) is 0 Å². The number of carbonyl (C=O) groups excluding carboxylic acids is 2. The fourth-order valence-corrected chi connectivity index (χ4v) is 5.53. The van der Waals surface area contributed by atoms with Crippen LogP contribution in [0.25, 0.3) is 33.4 Å². The molecule has 2 aliphatic rings. The number of carbonyl (C=O) groups is 2. The molecule has 1 aliphatic carbocycles. The molecule has 1 heterocycles. The van der Waals surface area contributed by atoms with E-state index >= 15 is 0 Å². The van der Waals surface area contributed by atoms with Gasteiger partial charge >= 0.3 is 0 Å². The quantitative estimate of drug-likeness (QED) is 0.106. The smallest absolute Gasteiger partial charge is 0.217 e. The molecule has 0 atom stereocenters. The van der Waals surface area contributed by atoms with Gasteiger partial charge in [0.25, 0.3) is 0 Å². The summed E-state index contributed by atoms with van der Waals surface area (Å²) in [6.45, 7) is -3.96. The highest BCUT2D eigenvalue weighted by molar-refractivity contribution is 6.02. The van der Waals surface area contributed by atoms with Crippen LogP contribution >= 0.6 is 0 Å². The largest absolute Gasteiger partial charge is 0.853 e. The fraction of sp³-hybridized carbons (Fsp3) is 0.229. The van der Waals surface area contributed by atoms with Crippen molar-refractivity contribution >= 4 is 34.3 Å². The molecule has 3 aromatic rings. The highest BCUT2D eigenvalue weighted by Gasteiger charge is 2.23. The number of hydrogen-bond donors (Lipinski definition) is 1. The Hall–Kier alpha value is -6.00. The molecule has 1 N–H and O–H groups in total. The molecule has 3 aromatic carbocycles. The molecule has 0 bridgehead atoms. The number of carboxylic acids is 2. The number of phenols is 1. The molecule has 0 radical (unpaired) electrons. The lowest BCUT2D eigenvalue weighted by atomic mass is 9.93. The van der Waals surface area contributed by atoms with Crippen molar-refractivity contribution in [2.75, 3.05) is 62.4 Å². The number of aromatic hydroxyl groups is 1. The first-order valence-corrected chi connectivity index (χ1v) is 15.2. The predicted octanol–water partition coefficient (Wildman–Crippen LogP) is -0.0213. The number of nitrogens with zero attached hydrogens (tertiary/aromatic N) is 2. The topological polar surface area (TPSA) is 202 Å². The van der Waals surface area contributed by atoms with Crippen molar-refractivity contribution in [2.45, 2.75) is 0 Å². The molecule has 5 rings (SSSR count). The number of anilines is 2. The summed E-state index contributed by atoms with van der Waals surface area (Å²) in [7, 11) is 0. The van der Waals surface area contributed by atoms with Gasteiger partial charge in [-0.25, -0.2) is 13.2 Å². The monoisotopic (exact) mass is 708 g/mol. The lowest BCUT2D eigenvalue weighted by Crippen LogP contribution is -2.41. The zero-order chi connectivity index (χ0) is 36.8. The zero-order valence-corrected chi connectivity index (χ0v) is 26.5. The Kier molecular flexibility index (Phi) is 11.2. The second-order valence-corrected chi connectivity index (χ2v) is 11.0. The average Bonchev–Trinajstić information content (AvgIpc) is 3.06. The number of benzene rings is 4. The molecule has 0 fully saturated rings. The average molecular weight is 709 g/mol. The Morgan fingerprint density at radius 2 is 1.35 bits per heavy atom. The van der Waals surface area contributed by atoms with Crippen LogP contribution in [0.3, 0.4) is 0 Å². The van der Waals surface area contributed by atoms with Crippen LogP contribution in [0.5, 0.6) is 17.2 Å². The van der Waals surface area contributed by atoms with E-state index in [4.69, 9.17) is 13.9 Å². The highest BCUT2D eigenvalue weighted by atomic mass is 19.1. The van der Waals surface area contributed by atoms with Gasteiger partial charge in [0.1, 0.15) is 41.9 Å². The number of hydrogen-bond acceptors (Lipinski definition) is 13. The van der Waals surface area contributed by atoms with Crippen LogP contribution in [-0.2, 0) is 9.59 Å². The van der Waals surface area contributed by atoms with E-state index in [1.165, 1.54) is 29.2 Å². The van der Waals surface area contributed by atoms with Gasteiger partial charge in [0.15, 0.2) is 17.4 Å². The molecule has 13 nitrogen and oxygen atoms in total. The van der Waals surface area contributed by atoms with Crippen molar-refractivity contribution in [1.82, 2.24) is 0 Å². The second kappa shape index (κ2) is 15.7. The first-order chi connectivity index (χ1) is 24.4. The van der Waals surface area contributed by atoms with Gasteiger partial charge in [-0.15, -0.1) is 13.2 Å². The van der Waals surface area contributed by atoms with Gasteiger partial charge in [-0.05, 0) is 42.0 Å². The summed E-state index contributed by atoms with van der Waals surface area (Å²) < 4.78 is 60.9. The molecular weight excluding hydrogens is 681 g/mol. The molecule has 51 heavy (non-hydrogen) atoms. The van der Waals surface area contributed by atoms with Gasteiger partial charge in [0, 0.05) is 47.8 Å². The SMILES string of the molecule is O=C([O-])CN(CC[O-])c1ccc(F)cc1OCCOc1cc(-c2c3cc(F)c(=O)cc-3oc3cc(O)c(F)cc23)ccc1N(CC[O-])CC(=O)[O-]. The van der Waals surface area contributed by atoms with E-state index in [0.29, 0.717) is 0 Å². The maximum absolute atomic E-state index is 14.7. The zero-order valence-electron chi connectivity index (χ0n) is 26.5. The first-order valence-electron chi connectivity index (χ1n) is 15.2. The van der Waals surface area contributed by atoms with Crippen molar-refractivity contribution < 1.29 is 62.2 Å². The van der Waals surface area contributed by atoms with Crippen molar-refractivity contribution in [2.24, 2.45) is 0 Å². The van der Waals surface area contributed by atoms with Crippen molar-refractivity contribution in [3.8, 4) is 39.7 Å². The maximum Gasteiger partial charge on any atom is 0.217 e. The Bertz CT molecular complexity index is 2110. The minimum Gasteiger partial charge on any atom is -0.853 e. The van der Waals surface area contributed by atoms with E-state index in [2.05, 4.69) is 0 Å². The maximum atomic E-state index is 14.7. The lowest BCUT2D eigenvalue weighted by Gasteiger charge is -2.29. The Labute approximate surface area is 286 Å². The number of phenolic OH excluding ortho intramolecular Hbond substituents is 1. The van der Waals surface area contributed by atoms with Crippen LogP contribution in [0, 0.1) is 17.5 Å². The standard InChI is InChI=1S/C35H29F3N2O11/c36-20-2-4-26(40(6-8-42)18-34(47)48)32(12-20)50-10-9-49-31-11-19(1-3-25(31)39(5-7-41)17-33(45)46)35-21-13-23(37)27(43)15-29(21)51-30-16-28(44)24(38)14-22(30)35/h1-4,11-16,43H,5-10,17-18H2,(H,45,46)(H,47,48)/q-2/p-2. The fourth-order valence-electron chi connectivity index (χ4n) is 5.53. The predicted molar refractivity (Wildman–Crippen MR) is 168 cm³/mol. The summed E-state index contributed by atoms with van der Waals surface area (Å²) >= 11 is 0. The third-order valence-corrected chi connectivity index (χ3v) is 7.65. The van der Waals surface area contributed by atoms with E-state index in [0.717, 1.165) is 41.3 Å². The van der Waals surface area contributed by atoms with Gasteiger partial charge < -0.3 is 58.8 Å². The second-order valence-electron chi connectivity index (χ2n) is 11.0. The molecule has 268 valence electrons. The molecule has 0 amide bonds. The summed E-state index contributed by atoms with van der Waals surface area (Å²) in [5.41, 5.74) is -0.458. The molecule has 0 saturated carbocycles. The number of fused-ring (bicyclic) bond motifs is 2. The lowest BCUT2D eigenvalue weighted by molar-refractivity contribution is -0.364.